The highest BCUT2D eigenvalue weighted by Crippen LogP contribution is 2.42. The number of nitrogens with zero attached hydrogens (tertiary/aromatic N) is 3. The first-order chi connectivity index (χ1) is 21.8. The van der Waals surface area contributed by atoms with Gasteiger partial charge in [-0.2, -0.15) is 4.31 Å². The number of hydrogen-bond acceptors (Lipinski definition) is 6. The van der Waals surface area contributed by atoms with Crippen molar-refractivity contribution in [3.8, 4) is 0 Å². The standard InChI is InChI=1S/C30H21BrF5N3O6S/c31-19-8-9-20(37-14-19)15-38(21-10-6-18(7-11-21)28(40)41)29(42)30(45-16-17-4-2-1-3-5-17)12-13-39(30)46(43,44)27-25(35)23(33)22(32)24(34)26(27)36/h1-11,14H,12-13,15-16H2,(H,40,41)/t30-/m1/s1. The van der Waals surface area contributed by atoms with Crippen molar-refractivity contribution in [1.82, 2.24) is 9.29 Å². The predicted octanol–water partition coefficient (Wildman–Crippen LogP) is 5.78. The molecule has 5 rings (SSSR count). The van der Waals surface area contributed by atoms with Crippen molar-refractivity contribution in [3.63, 3.8) is 0 Å². The van der Waals surface area contributed by atoms with E-state index in [0.29, 0.717) is 10.0 Å². The van der Waals surface area contributed by atoms with Crippen LogP contribution >= 0.6 is 15.9 Å². The summed E-state index contributed by atoms with van der Waals surface area (Å²) < 4.78 is 106. The Balaban J connectivity index is 1.65. The summed E-state index contributed by atoms with van der Waals surface area (Å²) in [6, 6.07) is 16.2. The number of benzene rings is 3. The second-order valence-electron chi connectivity index (χ2n) is 10.00. The fraction of sp³-hybridized carbons (Fsp3) is 0.167. The topological polar surface area (TPSA) is 117 Å². The third-order valence-corrected chi connectivity index (χ3v) is 9.61. The number of amides is 1. The second kappa shape index (κ2) is 12.9. The number of halogens is 6. The summed E-state index contributed by atoms with van der Waals surface area (Å²) in [7, 11) is -5.63. The minimum atomic E-state index is -5.63. The minimum absolute atomic E-state index is 0.0582. The monoisotopic (exact) mass is 725 g/mol. The molecule has 1 aromatic heterocycles. The van der Waals surface area contributed by atoms with Crippen LogP contribution < -0.4 is 4.90 Å². The number of anilines is 1. The Labute approximate surface area is 267 Å². The van der Waals surface area contributed by atoms with Crippen molar-refractivity contribution in [2.45, 2.75) is 30.2 Å². The minimum Gasteiger partial charge on any atom is -0.478 e. The molecule has 46 heavy (non-hydrogen) atoms. The zero-order chi connectivity index (χ0) is 33.4. The molecule has 1 amide bonds. The zero-order valence-electron chi connectivity index (χ0n) is 23.3. The quantitative estimate of drug-likeness (QED) is 0.125. The number of carboxylic acid groups (broad SMARTS) is 1. The lowest BCUT2D eigenvalue weighted by Crippen LogP contribution is -2.70. The number of aromatic nitrogens is 1. The number of aromatic carboxylic acids is 1. The molecule has 0 unspecified atom stereocenters. The Bertz CT molecular complexity index is 1890. The van der Waals surface area contributed by atoms with Crippen LogP contribution in [-0.2, 0) is 32.7 Å². The predicted molar refractivity (Wildman–Crippen MR) is 155 cm³/mol. The molecule has 0 aliphatic carbocycles. The Morgan fingerprint density at radius 2 is 1.52 bits per heavy atom. The van der Waals surface area contributed by atoms with E-state index >= 15 is 0 Å². The molecule has 1 aliphatic heterocycles. The first kappa shape index (κ1) is 33.1. The maximum atomic E-state index is 14.8. The molecule has 0 saturated carbocycles. The van der Waals surface area contributed by atoms with Crippen molar-refractivity contribution in [2.24, 2.45) is 0 Å². The van der Waals surface area contributed by atoms with E-state index in [9.17, 15) is 45.1 Å². The second-order valence-corrected chi connectivity index (χ2v) is 12.7. The van der Waals surface area contributed by atoms with E-state index < -0.39 is 74.8 Å². The Morgan fingerprint density at radius 3 is 2.04 bits per heavy atom. The van der Waals surface area contributed by atoms with Crippen LogP contribution in [0, 0.1) is 29.1 Å². The van der Waals surface area contributed by atoms with Gasteiger partial charge in [0, 0.05) is 29.3 Å². The number of rotatable bonds is 10. The average Bonchev–Trinajstić information content (AvgIpc) is 3.02. The van der Waals surface area contributed by atoms with Crippen molar-refractivity contribution in [2.75, 3.05) is 11.4 Å². The third-order valence-electron chi connectivity index (χ3n) is 7.21. The van der Waals surface area contributed by atoms with E-state index in [4.69, 9.17) is 4.74 Å². The number of hydrogen-bond donors (Lipinski definition) is 1. The molecule has 9 nitrogen and oxygen atoms in total. The summed E-state index contributed by atoms with van der Waals surface area (Å²) in [5.41, 5.74) is -1.88. The number of ether oxygens (including phenoxy) is 1. The zero-order valence-corrected chi connectivity index (χ0v) is 25.7. The Morgan fingerprint density at radius 1 is 0.913 bits per heavy atom. The number of sulfonamides is 1. The van der Waals surface area contributed by atoms with Gasteiger partial charge in [-0.15, -0.1) is 0 Å². The SMILES string of the molecule is O=C(O)c1ccc(N(Cc2ccc(Br)cn2)C(=O)[C@]2(OCc3ccccc3)CCN2S(=O)(=O)c2c(F)c(F)c(F)c(F)c2F)cc1. The molecule has 1 saturated heterocycles. The molecular weight excluding hydrogens is 705 g/mol. The molecule has 240 valence electrons. The maximum absolute atomic E-state index is 14.8. The van der Waals surface area contributed by atoms with Gasteiger partial charge < -0.3 is 14.7 Å². The van der Waals surface area contributed by atoms with E-state index in [1.54, 1.807) is 36.4 Å². The fourth-order valence-electron chi connectivity index (χ4n) is 4.78. The Hall–Kier alpha value is -4.25. The molecule has 0 radical (unpaired) electrons. The molecule has 1 aliphatic rings. The van der Waals surface area contributed by atoms with Crippen molar-refractivity contribution in [1.29, 1.82) is 0 Å². The van der Waals surface area contributed by atoms with E-state index in [-0.39, 0.29) is 34.2 Å². The lowest BCUT2D eigenvalue weighted by Gasteiger charge is -2.50. The summed E-state index contributed by atoms with van der Waals surface area (Å²) in [6.45, 7) is -1.33. The van der Waals surface area contributed by atoms with E-state index in [1.165, 1.54) is 36.5 Å². The largest absolute Gasteiger partial charge is 0.478 e. The van der Waals surface area contributed by atoms with Crippen LogP contribution in [0.1, 0.15) is 28.0 Å². The summed E-state index contributed by atoms with van der Waals surface area (Å²) in [4.78, 5) is 29.1. The lowest BCUT2D eigenvalue weighted by atomic mass is 9.98. The van der Waals surface area contributed by atoms with Crippen LogP contribution in [0.4, 0.5) is 27.6 Å². The van der Waals surface area contributed by atoms with Gasteiger partial charge >= 0.3 is 5.97 Å². The van der Waals surface area contributed by atoms with Crippen molar-refractivity contribution >= 4 is 43.5 Å². The Kier molecular flexibility index (Phi) is 9.26. The van der Waals surface area contributed by atoms with Crippen LogP contribution in [0.25, 0.3) is 0 Å². The summed E-state index contributed by atoms with van der Waals surface area (Å²) in [5.74, 6) is -15.1. The average molecular weight is 726 g/mol. The molecule has 0 bridgehead atoms. The number of pyridine rings is 1. The van der Waals surface area contributed by atoms with Gasteiger partial charge in [0.15, 0.2) is 28.2 Å². The molecule has 1 atom stereocenters. The molecule has 1 fully saturated rings. The van der Waals surface area contributed by atoms with Gasteiger partial charge in [0.05, 0.1) is 24.4 Å². The number of carbonyl (C=O) groups is 2. The van der Waals surface area contributed by atoms with Gasteiger partial charge in [-0.3, -0.25) is 9.78 Å². The lowest BCUT2D eigenvalue weighted by molar-refractivity contribution is -0.194. The van der Waals surface area contributed by atoms with Gasteiger partial charge in [-0.05, 0) is 57.9 Å². The molecule has 0 spiro atoms. The summed E-state index contributed by atoms with van der Waals surface area (Å²) in [5, 5.41) is 9.35. The molecule has 3 aromatic carbocycles. The third kappa shape index (κ3) is 6.00. The smallest absolute Gasteiger partial charge is 0.335 e. The van der Waals surface area contributed by atoms with E-state index in [1.807, 2.05) is 0 Å². The van der Waals surface area contributed by atoms with Gasteiger partial charge in [0.1, 0.15) is 0 Å². The van der Waals surface area contributed by atoms with Gasteiger partial charge in [0.25, 0.3) is 15.9 Å². The van der Waals surface area contributed by atoms with Crippen LogP contribution in [0.5, 0.6) is 0 Å². The number of carboxylic acids is 1. The highest BCUT2D eigenvalue weighted by atomic mass is 79.9. The molecule has 1 N–H and O–H groups in total. The van der Waals surface area contributed by atoms with Gasteiger partial charge in [-0.1, -0.05) is 30.3 Å². The van der Waals surface area contributed by atoms with Gasteiger partial charge in [-0.25, -0.2) is 35.2 Å². The molecule has 16 heteroatoms. The van der Waals surface area contributed by atoms with E-state index in [2.05, 4.69) is 20.9 Å². The van der Waals surface area contributed by atoms with E-state index in [0.717, 1.165) is 4.90 Å². The van der Waals surface area contributed by atoms with Gasteiger partial charge in [0.2, 0.25) is 11.5 Å². The van der Waals surface area contributed by atoms with Crippen LogP contribution in [-0.4, -0.2) is 47.0 Å². The fourth-order valence-corrected chi connectivity index (χ4v) is 6.80. The first-order valence-corrected chi connectivity index (χ1v) is 15.5. The molecule has 4 aromatic rings. The highest BCUT2D eigenvalue weighted by Gasteiger charge is 2.61. The summed E-state index contributed by atoms with van der Waals surface area (Å²) in [6.07, 6.45) is 1.04. The van der Waals surface area contributed by atoms with Crippen molar-refractivity contribution < 1.29 is 49.8 Å². The summed E-state index contributed by atoms with van der Waals surface area (Å²) >= 11 is 3.25. The molecule has 2 heterocycles. The highest BCUT2D eigenvalue weighted by molar-refractivity contribution is 9.10. The first-order valence-electron chi connectivity index (χ1n) is 13.3. The van der Waals surface area contributed by atoms with Crippen LogP contribution in [0.2, 0.25) is 0 Å². The van der Waals surface area contributed by atoms with Crippen LogP contribution in [0.3, 0.4) is 0 Å². The molecular formula is C30H21BrF5N3O6S. The van der Waals surface area contributed by atoms with Crippen LogP contribution in [0.15, 0.2) is 82.3 Å². The normalized spacial score (nSPS) is 16.6. The van der Waals surface area contributed by atoms with Crippen molar-refractivity contribution in [3.05, 3.63) is 123 Å². The maximum Gasteiger partial charge on any atom is 0.335 e. The number of carbonyl (C=O) groups excluding carboxylic acids is 1.